The molecule has 0 aromatic heterocycles. The predicted molar refractivity (Wildman–Crippen MR) is 83.7 cm³/mol. The number of rotatable bonds is 2. The fraction of sp³-hybridized carbons (Fsp3) is 1.00. The van der Waals surface area contributed by atoms with Crippen molar-refractivity contribution >= 4 is 0 Å². The lowest BCUT2D eigenvalue weighted by molar-refractivity contribution is -0.00962. The molecule has 2 heteroatoms. The molecule has 0 aromatic carbocycles. The zero-order valence-electron chi connectivity index (χ0n) is 13.4. The predicted octanol–water partition coefficient (Wildman–Crippen LogP) is 3.83. The van der Waals surface area contributed by atoms with Crippen LogP contribution in [0.1, 0.15) is 71.6 Å². The van der Waals surface area contributed by atoms with Crippen LogP contribution in [-0.2, 0) is 0 Å². The number of nitrogens with zero attached hydrogens (tertiary/aromatic N) is 1. The topological polar surface area (TPSA) is 23.5 Å². The van der Waals surface area contributed by atoms with E-state index in [0.717, 1.165) is 24.3 Å². The van der Waals surface area contributed by atoms with Crippen molar-refractivity contribution in [2.75, 3.05) is 6.54 Å². The zero-order valence-corrected chi connectivity index (χ0v) is 13.4. The Morgan fingerprint density at radius 3 is 2.25 bits per heavy atom. The first-order chi connectivity index (χ1) is 9.65. The molecule has 2 saturated carbocycles. The first-order valence-corrected chi connectivity index (χ1v) is 9.09. The highest BCUT2D eigenvalue weighted by atomic mass is 16.3. The van der Waals surface area contributed by atoms with E-state index < -0.39 is 0 Å². The summed E-state index contributed by atoms with van der Waals surface area (Å²) in [6.45, 7) is 6.16. The number of hydrogen-bond acceptors (Lipinski definition) is 2. The highest BCUT2D eigenvalue weighted by molar-refractivity contribution is 4.94. The molecule has 0 aromatic rings. The van der Waals surface area contributed by atoms with Crippen molar-refractivity contribution < 1.29 is 5.11 Å². The van der Waals surface area contributed by atoms with Crippen molar-refractivity contribution in [3.63, 3.8) is 0 Å². The summed E-state index contributed by atoms with van der Waals surface area (Å²) in [5.41, 5.74) is 0. The van der Waals surface area contributed by atoms with Crippen LogP contribution in [0.3, 0.4) is 0 Å². The normalized spacial score (nSPS) is 47.5. The van der Waals surface area contributed by atoms with Gasteiger partial charge in [0.1, 0.15) is 0 Å². The largest absolute Gasteiger partial charge is 0.393 e. The van der Waals surface area contributed by atoms with Gasteiger partial charge in [-0.2, -0.15) is 0 Å². The molecule has 1 N–H and O–H groups in total. The van der Waals surface area contributed by atoms with Gasteiger partial charge in [-0.3, -0.25) is 4.90 Å². The molecule has 5 unspecified atom stereocenters. The molecular formula is C18H33NO. The van der Waals surface area contributed by atoms with E-state index in [0.29, 0.717) is 12.0 Å². The van der Waals surface area contributed by atoms with Crippen LogP contribution in [0.25, 0.3) is 0 Å². The lowest BCUT2D eigenvalue weighted by atomic mass is 9.77. The van der Waals surface area contributed by atoms with E-state index in [2.05, 4.69) is 18.7 Å². The lowest BCUT2D eigenvalue weighted by Crippen LogP contribution is -2.52. The van der Waals surface area contributed by atoms with Crippen LogP contribution >= 0.6 is 0 Å². The smallest absolute Gasteiger partial charge is 0.0583 e. The van der Waals surface area contributed by atoms with Gasteiger partial charge in [0.15, 0.2) is 0 Å². The van der Waals surface area contributed by atoms with Crippen LogP contribution in [0, 0.1) is 17.8 Å². The number of hydrogen-bond donors (Lipinski definition) is 1. The molecular weight excluding hydrogens is 246 g/mol. The summed E-state index contributed by atoms with van der Waals surface area (Å²) in [4.78, 5) is 2.84. The standard InChI is InChI=1S/C18H33NO/c1-13-10-14(2)12-15(11-13)19-9-4-3-7-17(19)16-6-5-8-18(16)20/h13-18,20H,3-12H2,1-2H3. The first kappa shape index (κ1) is 14.8. The van der Waals surface area contributed by atoms with E-state index in [1.54, 1.807) is 0 Å². The minimum Gasteiger partial charge on any atom is -0.393 e. The second-order valence-electron chi connectivity index (χ2n) is 8.03. The molecule has 1 aliphatic heterocycles. The van der Waals surface area contributed by atoms with Crippen molar-refractivity contribution in [3.05, 3.63) is 0 Å². The van der Waals surface area contributed by atoms with Gasteiger partial charge in [-0.25, -0.2) is 0 Å². The maximum atomic E-state index is 10.3. The third-order valence-electron chi connectivity index (χ3n) is 6.24. The van der Waals surface area contributed by atoms with E-state index in [-0.39, 0.29) is 6.10 Å². The summed E-state index contributed by atoms with van der Waals surface area (Å²) in [7, 11) is 0. The molecule has 116 valence electrons. The van der Waals surface area contributed by atoms with E-state index >= 15 is 0 Å². The molecule has 0 spiro atoms. The average molecular weight is 279 g/mol. The molecule has 1 saturated heterocycles. The number of aliphatic hydroxyl groups excluding tert-OH is 1. The van der Waals surface area contributed by atoms with Gasteiger partial charge in [0.2, 0.25) is 0 Å². The number of aliphatic hydroxyl groups is 1. The number of piperidine rings is 1. The van der Waals surface area contributed by atoms with Gasteiger partial charge < -0.3 is 5.11 Å². The van der Waals surface area contributed by atoms with Crippen molar-refractivity contribution in [2.45, 2.75) is 89.8 Å². The van der Waals surface area contributed by atoms with E-state index in [9.17, 15) is 5.11 Å². The molecule has 0 amide bonds. The summed E-state index contributed by atoms with van der Waals surface area (Å²) in [5.74, 6) is 2.35. The van der Waals surface area contributed by atoms with Gasteiger partial charge in [0, 0.05) is 18.0 Å². The molecule has 3 fully saturated rings. The van der Waals surface area contributed by atoms with Crippen molar-refractivity contribution in [2.24, 2.45) is 17.8 Å². The Hall–Kier alpha value is -0.0800. The average Bonchev–Trinajstić information content (AvgIpc) is 2.84. The lowest BCUT2D eigenvalue weighted by Gasteiger charge is -2.48. The highest BCUT2D eigenvalue weighted by Crippen LogP contribution is 2.40. The molecule has 0 bridgehead atoms. The Labute approximate surface area is 124 Å². The Morgan fingerprint density at radius 1 is 0.850 bits per heavy atom. The van der Waals surface area contributed by atoms with Crippen molar-refractivity contribution in [1.29, 1.82) is 0 Å². The third-order valence-corrected chi connectivity index (χ3v) is 6.24. The molecule has 5 atom stereocenters. The van der Waals surface area contributed by atoms with Gasteiger partial charge in [0.05, 0.1) is 6.10 Å². The Morgan fingerprint density at radius 2 is 1.60 bits per heavy atom. The van der Waals surface area contributed by atoms with Gasteiger partial charge in [-0.15, -0.1) is 0 Å². The quantitative estimate of drug-likeness (QED) is 0.830. The fourth-order valence-corrected chi connectivity index (χ4v) is 5.49. The fourth-order valence-electron chi connectivity index (χ4n) is 5.49. The van der Waals surface area contributed by atoms with Crippen molar-refractivity contribution in [1.82, 2.24) is 4.90 Å². The van der Waals surface area contributed by atoms with Crippen molar-refractivity contribution in [3.8, 4) is 0 Å². The van der Waals surface area contributed by atoms with Gasteiger partial charge >= 0.3 is 0 Å². The molecule has 0 radical (unpaired) electrons. The van der Waals surface area contributed by atoms with Gasteiger partial charge in [0.25, 0.3) is 0 Å². The summed E-state index contributed by atoms with van der Waals surface area (Å²) in [5, 5.41) is 10.3. The van der Waals surface area contributed by atoms with Gasteiger partial charge in [-0.1, -0.05) is 26.7 Å². The molecule has 2 aliphatic carbocycles. The SMILES string of the molecule is CC1CC(C)CC(N2CCCCC2C2CCCC2O)C1. The molecule has 1 heterocycles. The van der Waals surface area contributed by atoms with Crippen LogP contribution in [-0.4, -0.2) is 34.7 Å². The molecule has 3 rings (SSSR count). The third kappa shape index (κ3) is 3.06. The maximum absolute atomic E-state index is 10.3. The molecule has 3 aliphatic rings. The van der Waals surface area contributed by atoms with Crippen LogP contribution < -0.4 is 0 Å². The monoisotopic (exact) mass is 279 g/mol. The summed E-state index contributed by atoms with van der Waals surface area (Å²) < 4.78 is 0. The van der Waals surface area contributed by atoms with E-state index in [4.69, 9.17) is 0 Å². The van der Waals surface area contributed by atoms with E-state index in [1.807, 2.05) is 0 Å². The Kier molecular flexibility index (Phi) is 4.72. The highest BCUT2D eigenvalue weighted by Gasteiger charge is 2.40. The molecule has 2 nitrogen and oxygen atoms in total. The second kappa shape index (κ2) is 6.36. The van der Waals surface area contributed by atoms with Gasteiger partial charge in [-0.05, 0) is 63.3 Å². The van der Waals surface area contributed by atoms with Crippen LogP contribution in [0.2, 0.25) is 0 Å². The second-order valence-corrected chi connectivity index (χ2v) is 8.03. The molecule has 20 heavy (non-hydrogen) atoms. The van der Waals surface area contributed by atoms with E-state index in [1.165, 1.54) is 57.9 Å². The summed E-state index contributed by atoms with van der Waals surface area (Å²) in [6, 6.07) is 1.48. The first-order valence-electron chi connectivity index (χ1n) is 9.09. The Bertz CT molecular complexity index is 309. The summed E-state index contributed by atoms with van der Waals surface area (Å²) in [6.07, 6.45) is 11.8. The minimum absolute atomic E-state index is 0.0148. The van der Waals surface area contributed by atoms with Crippen LogP contribution in [0.4, 0.5) is 0 Å². The Balaban J connectivity index is 1.71. The van der Waals surface area contributed by atoms with Crippen LogP contribution in [0.15, 0.2) is 0 Å². The zero-order chi connectivity index (χ0) is 14.1. The number of likely N-dealkylation sites (tertiary alicyclic amines) is 1. The minimum atomic E-state index is -0.0148. The maximum Gasteiger partial charge on any atom is 0.0583 e. The summed E-state index contributed by atoms with van der Waals surface area (Å²) >= 11 is 0. The van der Waals surface area contributed by atoms with Crippen LogP contribution in [0.5, 0.6) is 0 Å².